The van der Waals surface area contributed by atoms with Crippen molar-refractivity contribution in [3.63, 3.8) is 0 Å². The summed E-state index contributed by atoms with van der Waals surface area (Å²) in [5, 5.41) is 0. The number of methoxy groups -OCH3 is 1. The van der Waals surface area contributed by atoms with Gasteiger partial charge in [0.05, 0.1) is 7.11 Å². The van der Waals surface area contributed by atoms with Crippen LogP contribution in [0, 0.1) is 5.92 Å². The summed E-state index contributed by atoms with van der Waals surface area (Å²) in [4.78, 5) is 2.52. The van der Waals surface area contributed by atoms with E-state index in [0.717, 1.165) is 25.3 Å². The van der Waals surface area contributed by atoms with Crippen molar-refractivity contribution in [2.45, 2.75) is 32.4 Å². The molecule has 100 valence electrons. The van der Waals surface area contributed by atoms with E-state index in [1.807, 2.05) is 12.1 Å². The molecule has 0 bridgehead atoms. The lowest BCUT2D eigenvalue weighted by Gasteiger charge is -2.38. The fraction of sp³-hybridized carbons (Fsp3) is 0.600. The summed E-state index contributed by atoms with van der Waals surface area (Å²) in [7, 11) is 1.70. The molecule has 1 aliphatic rings. The number of ether oxygens (including phenoxy) is 1. The van der Waals surface area contributed by atoms with Crippen LogP contribution in [0.4, 0.5) is 0 Å². The Labute approximate surface area is 110 Å². The number of hydrogen-bond donors (Lipinski definition) is 1. The third kappa shape index (κ3) is 2.85. The SMILES string of the molecule is COc1ccc(C(C)N2CCC(N)C(C)C2)cc1. The van der Waals surface area contributed by atoms with E-state index in [2.05, 4.69) is 30.9 Å². The third-order valence-electron chi connectivity index (χ3n) is 4.15. The molecule has 3 nitrogen and oxygen atoms in total. The Balaban J connectivity index is 2.03. The Kier molecular flexibility index (Phi) is 4.25. The van der Waals surface area contributed by atoms with Crippen molar-refractivity contribution in [2.24, 2.45) is 11.7 Å². The van der Waals surface area contributed by atoms with Crippen LogP contribution in [-0.4, -0.2) is 31.1 Å². The van der Waals surface area contributed by atoms with E-state index in [-0.39, 0.29) is 0 Å². The molecule has 0 radical (unpaired) electrons. The molecular weight excluding hydrogens is 224 g/mol. The van der Waals surface area contributed by atoms with Gasteiger partial charge >= 0.3 is 0 Å². The van der Waals surface area contributed by atoms with Crippen LogP contribution in [-0.2, 0) is 0 Å². The van der Waals surface area contributed by atoms with Crippen LogP contribution < -0.4 is 10.5 Å². The number of nitrogens with zero attached hydrogens (tertiary/aromatic N) is 1. The molecule has 3 heteroatoms. The highest BCUT2D eigenvalue weighted by Gasteiger charge is 2.26. The molecule has 0 aromatic heterocycles. The number of piperidine rings is 1. The Morgan fingerprint density at radius 1 is 1.33 bits per heavy atom. The first-order valence-corrected chi connectivity index (χ1v) is 6.75. The van der Waals surface area contributed by atoms with Gasteiger partial charge in [-0.25, -0.2) is 0 Å². The van der Waals surface area contributed by atoms with Crippen molar-refractivity contribution in [1.29, 1.82) is 0 Å². The lowest BCUT2D eigenvalue weighted by atomic mass is 9.92. The second kappa shape index (κ2) is 5.72. The predicted octanol–water partition coefficient (Wildman–Crippen LogP) is 2.43. The predicted molar refractivity (Wildman–Crippen MR) is 74.7 cm³/mol. The summed E-state index contributed by atoms with van der Waals surface area (Å²) in [6.07, 6.45) is 1.10. The molecule has 2 N–H and O–H groups in total. The zero-order chi connectivity index (χ0) is 13.1. The molecule has 1 aliphatic heterocycles. The standard InChI is InChI=1S/C15H24N2O/c1-11-10-17(9-8-15(11)16)12(2)13-4-6-14(18-3)7-5-13/h4-7,11-12,15H,8-10,16H2,1-3H3. The average Bonchev–Trinajstić information content (AvgIpc) is 2.41. The molecule has 18 heavy (non-hydrogen) atoms. The van der Waals surface area contributed by atoms with Crippen LogP contribution in [0.5, 0.6) is 5.75 Å². The quantitative estimate of drug-likeness (QED) is 0.893. The van der Waals surface area contributed by atoms with Gasteiger partial charge in [-0.2, -0.15) is 0 Å². The monoisotopic (exact) mass is 248 g/mol. The van der Waals surface area contributed by atoms with Gasteiger partial charge in [0.1, 0.15) is 5.75 Å². The van der Waals surface area contributed by atoms with Gasteiger partial charge in [-0.15, -0.1) is 0 Å². The van der Waals surface area contributed by atoms with E-state index in [9.17, 15) is 0 Å². The summed E-state index contributed by atoms with van der Waals surface area (Å²) in [5.74, 6) is 1.50. The largest absolute Gasteiger partial charge is 0.497 e. The maximum absolute atomic E-state index is 6.07. The third-order valence-corrected chi connectivity index (χ3v) is 4.15. The van der Waals surface area contributed by atoms with E-state index < -0.39 is 0 Å². The van der Waals surface area contributed by atoms with Gasteiger partial charge in [0.25, 0.3) is 0 Å². The van der Waals surface area contributed by atoms with Gasteiger partial charge < -0.3 is 10.5 Å². The molecule has 1 saturated heterocycles. The molecule has 1 fully saturated rings. The van der Waals surface area contributed by atoms with E-state index in [1.54, 1.807) is 7.11 Å². The summed E-state index contributed by atoms with van der Waals surface area (Å²) in [6, 6.07) is 9.19. The maximum Gasteiger partial charge on any atom is 0.118 e. The fourth-order valence-electron chi connectivity index (χ4n) is 2.64. The number of likely N-dealkylation sites (tertiary alicyclic amines) is 1. The molecule has 1 aromatic carbocycles. The molecule has 1 heterocycles. The van der Waals surface area contributed by atoms with Gasteiger partial charge in [0, 0.05) is 25.2 Å². The Morgan fingerprint density at radius 2 is 2.00 bits per heavy atom. The maximum atomic E-state index is 6.07. The van der Waals surface area contributed by atoms with Crippen LogP contribution in [0.15, 0.2) is 24.3 Å². The fourth-order valence-corrected chi connectivity index (χ4v) is 2.64. The van der Waals surface area contributed by atoms with Gasteiger partial charge in [-0.3, -0.25) is 4.90 Å². The van der Waals surface area contributed by atoms with Crippen LogP contribution in [0.1, 0.15) is 31.9 Å². The second-order valence-corrected chi connectivity index (χ2v) is 5.37. The first-order chi connectivity index (χ1) is 8.61. The minimum atomic E-state index is 0.365. The van der Waals surface area contributed by atoms with Crippen LogP contribution in [0.3, 0.4) is 0 Å². The van der Waals surface area contributed by atoms with E-state index in [0.29, 0.717) is 18.0 Å². The molecule has 1 aromatic rings. The Hall–Kier alpha value is -1.06. The molecule has 0 saturated carbocycles. The number of hydrogen-bond acceptors (Lipinski definition) is 3. The molecule has 2 rings (SSSR count). The highest BCUT2D eigenvalue weighted by molar-refractivity contribution is 5.28. The van der Waals surface area contributed by atoms with Gasteiger partial charge in [0.2, 0.25) is 0 Å². The normalized spacial score (nSPS) is 26.9. The minimum absolute atomic E-state index is 0.365. The Morgan fingerprint density at radius 3 is 2.56 bits per heavy atom. The summed E-state index contributed by atoms with van der Waals surface area (Å²) in [6.45, 7) is 6.70. The highest BCUT2D eigenvalue weighted by atomic mass is 16.5. The summed E-state index contributed by atoms with van der Waals surface area (Å²) >= 11 is 0. The van der Waals surface area contributed by atoms with Crippen molar-refractivity contribution >= 4 is 0 Å². The first-order valence-electron chi connectivity index (χ1n) is 6.75. The van der Waals surface area contributed by atoms with Gasteiger partial charge in [-0.05, 0) is 37.0 Å². The molecule has 3 atom stereocenters. The second-order valence-electron chi connectivity index (χ2n) is 5.37. The number of rotatable bonds is 3. The van der Waals surface area contributed by atoms with E-state index >= 15 is 0 Å². The van der Waals surface area contributed by atoms with E-state index in [4.69, 9.17) is 10.5 Å². The van der Waals surface area contributed by atoms with Gasteiger partial charge in [0.15, 0.2) is 0 Å². The summed E-state index contributed by atoms with van der Waals surface area (Å²) in [5.41, 5.74) is 7.42. The van der Waals surface area contributed by atoms with Crippen LogP contribution >= 0.6 is 0 Å². The number of benzene rings is 1. The Bertz CT molecular complexity index is 377. The molecule has 0 amide bonds. The minimum Gasteiger partial charge on any atom is -0.497 e. The van der Waals surface area contributed by atoms with Crippen molar-refractivity contribution in [3.8, 4) is 5.75 Å². The zero-order valence-electron chi connectivity index (χ0n) is 11.6. The number of nitrogens with two attached hydrogens (primary N) is 1. The average molecular weight is 248 g/mol. The smallest absolute Gasteiger partial charge is 0.118 e. The molecular formula is C15H24N2O. The molecule has 0 aliphatic carbocycles. The van der Waals surface area contributed by atoms with E-state index in [1.165, 1.54) is 5.56 Å². The van der Waals surface area contributed by atoms with Crippen molar-refractivity contribution in [3.05, 3.63) is 29.8 Å². The molecule has 0 spiro atoms. The van der Waals surface area contributed by atoms with Crippen molar-refractivity contribution < 1.29 is 4.74 Å². The van der Waals surface area contributed by atoms with Crippen molar-refractivity contribution in [1.82, 2.24) is 4.90 Å². The van der Waals surface area contributed by atoms with Gasteiger partial charge in [-0.1, -0.05) is 19.1 Å². The lowest BCUT2D eigenvalue weighted by Crippen LogP contribution is -2.46. The summed E-state index contributed by atoms with van der Waals surface area (Å²) < 4.78 is 5.20. The topological polar surface area (TPSA) is 38.5 Å². The highest BCUT2D eigenvalue weighted by Crippen LogP contribution is 2.27. The van der Waals surface area contributed by atoms with Crippen molar-refractivity contribution in [2.75, 3.05) is 20.2 Å². The van der Waals surface area contributed by atoms with Crippen LogP contribution in [0.2, 0.25) is 0 Å². The first kappa shape index (κ1) is 13.4. The zero-order valence-corrected chi connectivity index (χ0v) is 11.6. The lowest BCUT2D eigenvalue weighted by molar-refractivity contribution is 0.124. The molecule has 3 unspecified atom stereocenters. The van der Waals surface area contributed by atoms with Crippen LogP contribution in [0.25, 0.3) is 0 Å².